The minimum Gasteiger partial charge on any atom is -0.382 e. The summed E-state index contributed by atoms with van der Waals surface area (Å²) >= 11 is 0. The molecule has 1 aliphatic rings. The maximum Gasteiger partial charge on any atom is 0.272 e. The summed E-state index contributed by atoms with van der Waals surface area (Å²) in [4.78, 5) is 18.9. The normalized spacial score (nSPS) is 20.1. The molecule has 1 saturated heterocycles. The molecule has 0 N–H and O–H groups in total. The molecule has 7 heteroatoms. The summed E-state index contributed by atoms with van der Waals surface area (Å²) in [5.41, 5.74) is 0.785. The summed E-state index contributed by atoms with van der Waals surface area (Å²) in [6, 6.07) is 5.41. The lowest BCUT2D eigenvalue weighted by Crippen LogP contribution is -2.55. The molecule has 3 heterocycles. The van der Waals surface area contributed by atoms with Gasteiger partial charge >= 0.3 is 0 Å². The van der Waals surface area contributed by atoms with Crippen LogP contribution in [0.1, 0.15) is 24.3 Å². The van der Waals surface area contributed by atoms with Crippen molar-refractivity contribution >= 4 is 5.91 Å². The molecule has 1 amide bonds. The van der Waals surface area contributed by atoms with Crippen molar-refractivity contribution in [3.63, 3.8) is 0 Å². The summed E-state index contributed by atoms with van der Waals surface area (Å²) in [6.07, 6.45) is 5.01. The monoisotopic (exact) mass is 330 g/mol. The van der Waals surface area contributed by atoms with Crippen molar-refractivity contribution < 1.29 is 14.3 Å². The highest BCUT2D eigenvalue weighted by Crippen LogP contribution is 2.22. The van der Waals surface area contributed by atoms with Gasteiger partial charge in [0, 0.05) is 38.8 Å². The number of hydrogen-bond donors (Lipinski definition) is 0. The van der Waals surface area contributed by atoms with E-state index in [1.54, 1.807) is 35.2 Å². The van der Waals surface area contributed by atoms with E-state index in [4.69, 9.17) is 9.47 Å². The van der Waals surface area contributed by atoms with E-state index < -0.39 is 5.60 Å². The van der Waals surface area contributed by atoms with Gasteiger partial charge < -0.3 is 14.4 Å². The number of carbonyl (C=O) groups excluding carboxylic acids is 1. The molecule has 3 rings (SSSR count). The zero-order valence-electron chi connectivity index (χ0n) is 14.2. The first-order chi connectivity index (χ1) is 11.5. The van der Waals surface area contributed by atoms with Crippen LogP contribution in [0.4, 0.5) is 0 Å². The van der Waals surface area contributed by atoms with E-state index >= 15 is 0 Å². The fourth-order valence-electron chi connectivity index (χ4n) is 2.99. The molecule has 1 fully saturated rings. The van der Waals surface area contributed by atoms with Gasteiger partial charge in [-0.05, 0) is 32.0 Å². The van der Waals surface area contributed by atoms with E-state index in [0.29, 0.717) is 25.4 Å². The molecule has 128 valence electrons. The molecule has 2 aromatic heterocycles. The van der Waals surface area contributed by atoms with Crippen molar-refractivity contribution in [2.45, 2.75) is 25.6 Å². The topological polar surface area (TPSA) is 69.5 Å². The summed E-state index contributed by atoms with van der Waals surface area (Å²) in [5, 5.41) is 4.19. The zero-order valence-corrected chi connectivity index (χ0v) is 14.2. The molecule has 1 unspecified atom stereocenters. The van der Waals surface area contributed by atoms with Crippen LogP contribution in [0.5, 0.6) is 0 Å². The first-order valence-electron chi connectivity index (χ1n) is 7.90. The summed E-state index contributed by atoms with van der Waals surface area (Å²) in [5.74, 6) is -0.110. The van der Waals surface area contributed by atoms with Crippen LogP contribution in [0.15, 0.2) is 36.8 Å². The number of nitrogens with zero attached hydrogens (tertiary/aromatic N) is 4. The molecule has 0 radical (unpaired) electrons. The lowest BCUT2D eigenvalue weighted by molar-refractivity contribution is -0.143. The number of hydrogen-bond acceptors (Lipinski definition) is 5. The van der Waals surface area contributed by atoms with Gasteiger partial charge in [0.25, 0.3) is 5.91 Å². The molecule has 0 aliphatic carbocycles. The van der Waals surface area contributed by atoms with Gasteiger partial charge in [0.15, 0.2) is 0 Å². The number of rotatable bonds is 4. The van der Waals surface area contributed by atoms with Crippen molar-refractivity contribution in [1.29, 1.82) is 0 Å². The quantitative estimate of drug-likeness (QED) is 0.850. The number of morpholine rings is 1. The molecule has 0 aromatic carbocycles. The predicted octanol–water partition coefficient (Wildman–Crippen LogP) is 1.53. The van der Waals surface area contributed by atoms with Crippen LogP contribution in [0, 0.1) is 0 Å². The van der Waals surface area contributed by atoms with Gasteiger partial charge in [-0.2, -0.15) is 5.10 Å². The minimum absolute atomic E-state index is 0.110. The Kier molecular flexibility index (Phi) is 4.64. The molecule has 0 saturated carbocycles. The Labute approximate surface area is 141 Å². The lowest BCUT2D eigenvalue weighted by Gasteiger charge is -2.42. The van der Waals surface area contributed by atoms with Crippen molar-refractivity contribution in [1.82, 2.24) is 19.7 Å². The number of pyridine rings is 1. The van der Waals surface area contributed by atoms with Gasteiger partial charge in [0.2, 0.25) is 0 Å². The number of carbonyl (C=O) groups is 1. The molecule has 7 nitrogen and oxygen atoms in total. The standard InChI is InChI=1S/C17H22N4O3/c1-17(2)12-20(10-14(24-17)11-23-3)16(22)15-9-13(5-7-18-15)21-8-4-6-19-21/h4-9,14H,10-12H2,1-3H3. The Morgan fingerprint density at radius 2 is 2.29 bits per heavy atom. The molecule has 24 heavy (non-hydrogen) atoms. The predicted molar refractivity (Wildman–Crippen MR) is 88.1 cm³/mol. The number of ether oxygens (including phenoxy) is 2. The molecular weight excluding hydrogens is 308 g/mol. The van der Waals surface area contributed by atoms with Gasteiger partial charge in [0.05, 0.1) is 24.0 Å². The minimum atomic E-state index is -0.420. The molecule has 2 aromatic rings. The highest BCUT2D eigenvalue weighted by molar-refractivity contribution is 5.93. The summed E-state index contributed by atoms with van der Waals surface area (Å²) < 4.78 is 12.8. The first kappa shape index (κ1) is 16.6. The van der Waals surface area contributed by atoms with Gasteiger partial charge in [-0.15, -0.1) is 0 Å². The second-order valence-corrected chi connectivity index (χ2v) is 6.49. The van der Waals surface area contributed by atoms with Crippen LogP contribution in [0.2, 0.25) is 0 Å². The molecule has 0 bridgehead atoms. The van der Waals surface area contributed by atoms with E-state index in [9.17, 15) is 4.79 Å². The lowest BCUT2D eigenvalue weighted by atomic mass is 10.0. The van der Waals surface area contributed by atoms with Crippen LogP contribution in [0.25, 0.3) is 5.69 Å². The molecule has 1 atom stereocenters. The third-order valence-electron chi connectivity index (χ3n) is 3.85. The maximum absolute atomic E-state index is 12.9. The highest BCUT2D eigenvalue weighted by Gasteiger charge is 2.36. The van der Waals surface area contributed by atoms with Crippen LogP contribution in [-0.4, -0.2) is 64.1 Å². The molecule has 1 aliphatic heterocycles. The van der Waals surface area contributed by atoms with E-state index in [1.165, 1.54) is 0 Å². The third-order valence-corrected chi connectivity index (χ3v) is 3.85. The Balaban J connectivity index is 1.81. The van der Waals surface area contributed by atoms with Crippen LogP contribution < -0.4 is 0 Å². The number of amides is 1. The summed E-state index contributed by atoms with van der Waals surface area (Å²) in [7, 11) is 1.63. The van der Waals surface area contributed by atoms with Crippen molar-refractivity contribution in [3.05, 3.63) is 42.5 Å². The fourth-order valence-corrected chi connectivity index (χ4v) is 2.99. The van der Waals surface area contributed by atoms with E-state index in [1.807, 2.05) is 32.2 Å². The maximum atomic E-state index is 12.9. The smallest absolute Gasteiger partial charge is 0.272 e. The Hall–Kier alpha value is -2.25. The first-order valence-corrected chi connectivity index (χ1v) is 7.90. The second kappa shape index (κ2) is 6.70. The van der Waals surface area contributed by atoms with Crippen molar-refractivity contribution in [2.75, 3.05) is 26.8 Å². The molecule has 0 spiro atoms. The zero-order chi connectivity index (χ0) is 17.2. The fraction of sp³-hybridized carbons (Fsp3) is 0.471. The SMILES string of the molecule is COCC1CN(C(=O)c2cc(-n3cccn3)ccn2)CC(C)(C)O1. The number of methoxy groups -OCH3 is 1. The van der Waals surface area contributed by atoms with Gasteiger partial charge in [-0.25, -0.2) is 4.68 Å². The largest absolute Gasteiger partial charge is 0.382 e. The highest BCUT2D eigenvalue weighted by atomic mass is 16.5. The van der Waals surface area contributed by atoms with Crippen molar-refractivity contribution in [2.24, 2.45) is 0 Å². The van der Waals surface area contributed by atoms with E-state index in [0.717, 1.165) is 5.69 Å². The van der Waals surface area contributed by atoms with E-state index in [-0.39, 0.29) is 12.0 Å². The van der Waals surface area contributed by atoms with Gasteiger partial charge in [-0.3, -0.25) is 9.78 Å². The van der Waals surface area contributed by atoms with Crippen molar-refractivity contribution in [3.8, 4) is 5.69 Å². The Bertz CT molecular complexity index is 700. The van der Waals surface area contributed by atoms with E-state index in [2.05, 4.69) is 10.1 Å². The average molecular weight is 330 g/mol. The van der Waals surface area contributed by atoms with Gasteiger partial charge in [0.1, 0.15) is 5.69 Å². The second-order valence-electron chi connectivity index (χ2n) is 6.49. The van der Waals surface area contributed by atoms with Crippen LogP contribution >= 0.6 is 0 Å². The molecular formula is C17H22N4O3. The summed E-state index contributed by atoms with van der Waals surface area (Å²) in [6.45, 7) is 5.41. The Morgan fingerprint density at radius 1 is 1.46 bits per heavy atom. The van der Waals surface area contributed by atoms with Crippen LogP contribution in [-0.2, 0) is 9.47 Å². The van der Waals surface area contributed by atoms with Crippen LogP contribution in [0.3, 0.4) is 0 Å². The number of aromatic nitrogens is 3. The Morgan fingerprint density at radius 3 is 3.00 bits per heavy atom. The van der Waals surface area contributed by atoms with Gasteiger partial charge in [-0.1, -0.05) is 0 Å². The average Bonchev–Trinajstić information content (AvgIpc) is 3.07. The third kappa shape index (κ3) is 3.63.